The number of nitrogens with zero attached hydrogens (tertiary/aromatic N) is 5. The van der Waals surface area contributed by atoms with Crippen molar-refractivity contribution in [3.8, 4) is 5.88 Å². The molecule has 5 atom stereocenters. The highest BCUT2D eigenvalue weighted by Crippen LogP contribution is 2.39. The van der Waals surface area contributed by atoms with Gasteiger partial charge in [0.25, 0.3) is 0 Å². The Kier molecular flexibility index (Phi) is 4.48. The average Bonchev–Trinajstić information content (AvgIpc) is 3.26. The summed E-state index contributed by atoms with van der Waals surface area (Å²) in [6.45, 7) is 4.09. The molecule has 2 aliphatic rings. The minimum atomic E-state index is -1.01. The van der Waals surface area contributed by atoms with E-state index in [1.165, 1.54) is 12.7 Å². The van der Waals surface area contributed by atoms with Gasteiger partial charge in [-0.15, -0.1) is 0 Å². The van der Waals surface area contributed by atoms with Crippen LogP contribution in [0.2, 0.25) is 0 Å². The van der Waals surface area contributed by atoms with E-state index in [0.29, 0.717) is 18.2 Å². The van der Waals surface area contributed by atoms with Crippen LogP contribution in [-0.2, 0) is 6.42 Å². The second-order valence-electron chi connectivity index (χ2n) is 8.19. The highest BCUT2D eigenvalue weighted by atomic mass is 16.5. The molecule has 1 saturated carbocycles. The van der Waals surface area contributed by atoms with Crippen LogP contribution >= 0.6 is 0 Å². The summed E-state index contributed by atoms with van der Waals surface area (Å²) in [5.41, 5.74) is 3.71. The number of aliphatic hydroxyl groups is 2. The number of aliphatic hydroxyl groups excluding tert-OH is 2. The molecule has 8 nitrogen and oxygen atoms in total. The van der Waals surface area contributed by atoms with Crippen LogP contribution in [0.25, 0.3) is 11.0 Å². The molecular weight excluding hydrogens is 370 g/mol. The van der Waals surface area contributed by atoms with Gasteiger partial charge in [0.15, 0.2) is 0 Å². The molecule has 0 amide bonds. The Morgan fingerprint density at radius 1 is 1.10 bits per heavy atom. The van der Waals surface area contributed by atoms with Gasteiger partial charge in [-0.25, -0.2) is 19.9 Å². The lowest BCUT2D eigenvalue weighted by molar-refractivity contribution is -0.0179. The fraction of sp³-hybridized carbons (Fsp3) is 0.524. The maximum atomic E-state index is 10.8. The maximum Gasteiger partial charge on any atom is 0.220 e. The lowest BCUT2D eigenvalue weighted by atomic mass is 9.87. The molecule has 1 fully saturated rings. The van der Waals surface area contributed by atoms with E-state index in [4.69, 9.17) is 4.74 Å². The van der Waals surface area contributed by atoms with Gasteiger partial charge in [-0.1, -0.05) is 6.92 Å². The van der Waals surface area contributed by atoms with Crippen LogP contribution in [0.15, 0.2) is 24.9 Å². The highest BCUT2D eigenvalue weighted by Gasteiger charge is 2.45. The molecule has 0 saturated heterocycles. The van der Waals surface area contributed by atoms with Gasteiger partial charge < -0.3 is 19.5 Å². The van der Waals surface area contributed by atoms with Crippen LogP contribution in [0.4, 0.5) is 0 Å². The molecule has 0 radical (unpaired) electrons. The van der Waals surface area contributed by atoms with E-state index in [0.717, 1.165) is 47.2 Å². The number of hydrogen-bond donors (Lipinski definition) is 2. The molecule has 5 rings (SSSR count). The van der Waals surface area contributed by atoms with E-state index in [-0.39, 0.29) is 6.04 Å². The highest BCUT2D eigenvalue weighted by molar-refractivity contribution is 5.78. The smallest absolute Gasteiger partial charge is 0.220 e. The first-order valence-electron chi connectivity index (χ1n) is 10.2. The van der Waals surface area contributed by atoms with Gasteiger partial charge in [0.1, 0.15) is 36.6 Å². The number of ether oxygens (including phenoxy) is 1. The zero-order valence-corrected chi connectivity index (χ0v) is 16.6. The second kappa shape index (κ2) is 7.03. The normalized spacial score (nSPS) is 29.2. The summed E-state index contributed by atoms with van der Waals surface area (Å²) in [6, 6.07) is 1.61. The fourth-order valence-corrected chi connectivity index (χ4v) is 4.79. The molecule has 3 heterocycles. The summed E-state index contributed by atoms with van der Waals surface area (Å²) >= 11 is 0. The predicted octanol–water partition coefficient (Wildman–Crippen LogP) is 2.08. The molecule has 2 aliphatic carbocycles. The van der Waals surface area contributed by atoms with Crippen molar-refractivity contribution in [1.29, 1.82) is 0 Å². The first-order chi connectivity index (χ1) is 14.0. The lowest BCUT2D eigenvalue weighted by Gasteiger charge is -2.25. The van der Waals surface area contributed by atoms with Gasteiger partial charge in [-0.3, -0.25) is 0 Å². The van der Waals surface area contributed by atoms with Crippen molar-refractivity contribution in [2.75, 3.05) is 0 Å². The summed E-state index contributed by atoms with van der Waals surface area (Å²) in [7, 11) is 0. The van der Waals surface area contributed by atoms with Crippen LogP contribution in [0.5, 0.6) is 5.88 Å². The Bertz CT molecular complexity index is 1050. The van der Waals surface area contributed by atoms with E-state index in [1.807, 2.05) is 23.8 Å². The molecule has 0 aliphatic heterocycles. The standard InChI is InChI=1S/C21H25N5O3/c1-11-4-3-5-14-17(11)21(25-10-23-14)29-16-8-15(18(27)19(16)28)26-7-6-13-12(2)22-9-24-20(13)26/h6-7,9-11,15-16,18-19,27-28H,3-5,8H2,1-2H3/t11-,15-,16+,18+,19-/m1/s1. The van der Waals surface area contributed by atoms with Crippen LogP contribution in [0, 0.1) is 6.92 Å². The van der Waals surface area contributed by atoms with Crippen molar-refractivity contribution in [2.24, 2.45) is 0 Å². The quantitative estimate of drug-likeness (QED) is 0.699. The largest absolute Gasteiger partial charge is 0.471 e. The average molecular weight is 395 g/mol. The van der Waals surface area contributed by atoms with E-state index in [2.05, 4.69) is 26.9 Å². The van der Waals surface area contributed by atoms with Crippen molar-refractivity contribution in [1.82, 2.24) is 24.5 Å². The molecule has 2 N–H and O–H groups in total. The first-order valence-corrected chi connectivity index (χ1v) is 10.2. The van der Waals surface area contributed by atoms with Crippen LogP contribution < -0.4 is 4.74 Å². The zero-order chi connectivity index (χ0) is 20.1. The van der Waals surface area contributed by atoms with Crippen LogP contribution in [0.1, 0.15) is 55.1 Å². The molecule has 8 heteroatoms. The molecular formula is C21H25N5O3. The first kappa shape index (κ1) is 18.4. The lowest BCUT2D eigenvalue weighted by Crippen LogP contribution is -2.34. The van der Waals surface area contributed by atoms with E-state index in [1.54, 1.807) is 0 Å². The van der Waals surface area contributed by atoms with Crippen molar-refractivity contribution in [3.05, 3.63) is 41.9 Å². The monoisotopic (exact) mass is 395 g/mol. The van der Waals surface area contributed by atoms with Crippen molar-refractivity contribution >= 4 is 11.0 Å². The van der Waals surface area contributed by atoms with Gasteiger partial charge in [-0.2, -0.15) is 0 Å². The fourth-order valence-electron chi connectivity index (χ4n) is 4.79. The summed E-state index contributed by atoms with van der Waals surface area (Å²) in [6.07, 6.45) is 5.99. The van der Waals surface area contributed by atoms with Gasteiger partial charge in [0.05, 0.1) is 17.4 Å². The molecule has 0 spiro atoms. The summed E-state index contributed by atoms with van der Waals surface area (Å²) in [5, 5.41) is 22.4. The predicted molar refractivity (Wildman–Crippen MR) is 106 cm³/mol. The molecule has 0 unspecified atom stereocenters. The van der Waals surface area contributed by atoms with Crippen molar-refractivity contribution < 1.29 is 14.9 Å². The molecule has 152 valence electrons. The Balaban J connectivity index is 1.44. The Morgan fingerprint density at radius 3 is 2.79 bits per heavy atom. The van der Waals surface area contributed by atoms with Gasteiger partial charge in [0, 0.05) is 23.6 Å². The Labute approximate surface area is 168 Å². The third-order valence-electron chi connectivity index (χ3n) is 6.40. The maximum absolute atomic E-state index is 10.8. The summed E-state index contributed by atoms with van der Waals surface area (Å²) in [4.78, 5) is 17.4. The van der Waals surface area contributed by atoms with Gasteiger partial charge in [0.2, 0.25) is 5.88 Å². The molecule has 0 bridgehead atoms. The number of rotatable bonds is 3. The summed E-state index contributed by atoms with van der Waals surface area (Å²) < 4.78 is 8.10. The number of fused-ring (bicyclic) bond motifs is 2. The Morgan fingerprint density at radius 2 is 1.93 bits per heavy atom. The van der Waals surface area contributed by atoms with Crippen LogP contribution in [-0.4, -0.2) is 53.0 Å². The van der Waals surface area contributed by atoms with Gasteiger partial charge in [-0.05, 0) is 38.2 Å². The third-order valence-corrected chi connectivity index (χ3v) is 6.40. The SMILES string of the molecule is Cc1ncnc2c1ccn2[C@@H]1C[C@H](Oc2ncnc3c2[C@H](C)CCC3)[C@@H](O)[C@H]1O. The topological polar surface area (TPSA) is 106 Å². The summed E-state index contributed by atoms with van der Waals surface area (Å²) in [5.74, 6) is 0.858. The van der Waals surface area contributed by atoms with E-state index in [9.17, 15) is 10.2 Å². The third kappa shape index (κ3) is 2.98. The van der Waals surface area contributed by atoms with Crippen LogP contribution in [0.3, 0.4) is 0 Å². The minimum absolute atomic E-state index is 0.322. The number of hydrogen-bond acceptors (Lipinski definition) is 7. The number of aryl methyl sites for hydroxylation is 2. The van der Waals surface area contributed by atoms with E-state index >= 15 is 0 Å². The van der Waals surface area contributed by atoms with Gasteiger partial charge >= 0.3 is 0 Å². The molecule has 3 aromatic rings. The van der Waals surface area contributed by atoms with E-state index < -0.39 is 18.3 Å². The molecule has 29 heavy (non-hydrogen) atoms. The van der Waals surface area contributed by atoms with Crippen molar-refractivity contribution in [3.63, 3.8) is 0 Å². The molecule has 0 aromatic carbocycles. The molecule has 3 aromatic heterocycles. The second-order valence-corrected chi connectivity index (χ2v) is 8.19. The van der Waals surface area contributed by atoms with Crippen molar-refractivity contribution in [2.45, 2.75) is 69.8 Å². The minimum Gasteiger partial charge on any atom is -0.471 e. The number of aromatic nitrogens is 5. The zero-order valence-electron chi connectivity index (χ0n) is 16.6. The Hall–Kier alpha value is -2.58.